The fraction of sp³-hybridized carbons (Fsp3) is 0.167. The van der Waals surface area contributed by atoms with E-state index in [2.05, 4.69) is 10.4 Å². The van der Waals surface area contributed by atoms with Gasteiger partial charge in [-0.15, -0.1) is 0 Å². The number of nitro groups is 1. The molecule has 0 unspecified atom stereocenters. The number of rotatable bonds is 3. The lowest BCUT2D eigenvalue weighted by atomic mass is 10.2. The predicted molar refractivity (Wildman–Crippen MR) is 69.0 cm³/mol. The van der Waals surface area contributed by atoms with Gasteiger partial charge < -0.3 is 5.32 Å². The maximum absolute atomic E-state index is 11.9. The minimum Gasteiger partial charge on any atom is -0.320 e. The number of anilines is 1. The van der Waals surface area contributed by atoms with Gasteiger partial charge in [0, 0.05) is 30.6 Å². The highest BCUT2D eigenvalue weighted by Crippen LogP contribution is 2.22. The van der Waals surface area contributed by atoms with Crippen molar-refractivity contribution >= 4 is 17.3 Å². The summed E-state index contributed by atoms with van der Waals surface area (Å²) in [5.41, 5.74) is 1.28. The van der Waals surface area contributed by atoms with E-state index in [1.165, 1.54) is 16.9 Å². The van der Waals surface area contributed by atoms with Crippen LogP contribution in [0, 0.1) is 17.0 Å². The summed E-state index contributed by atoms with van der Waals surface area (Å²) in [5.74, 6) is -0.363. The van der Waals surface area contributed by atoms with Gasteiger partial charge in [-0.25, -0.2) is 0 Å². The zero-order valence-corrected chi connectivity index (χ0v) is 10.5. The Balaban J connectivity index is 2.25. The Morgan fingerprint density at radius 3 is 2.74 bits per heavy atom. The van der Waals surface area contributed by atoms with Gasteiger partial charge in [-0.2, -0.15) is 5.10 Å². The first-order valence-corrected chi connectivity index (χ1v) is 5.53. The van der Waals surface area contributed by atoms with Crippen molar-refractivity contribution in [3.8, 4) is 0 Å². The minimum absolute atomic E-state index is 0.0252. The van der Waals surface area contributed by atoms with E-state index < -0.39 is 4.92 Å². The number of aryl methyl sites for hydroxylation is 2. The molecule has 98 valence electrons. The van der Waals surface area contributed by atoms with Gasteiger partial charge in [-0.05, 0) is 19.1 Å². The van der Waals surface area contributed by atoms with E-state index in [0.29, 0.717) is 16.9 Å². The van der Waals surface area contributed by atoms with Crippen LogP contribution < -0.4 is 5.32 Å². The van der Waals surface area contributed by atoms with Crippen molar-refractivity contribution in [2.24, 2.45) is 7.05 Å². The second-order valence-corrected chi connectivity index (χ2v) is 4.05. The number of hydrogen-bond donors (Lipinski definition) is 1. The molecular formula is C12H12N4O3. The lowest BCUT2D eigenvalue weighted by molar-refractivity contribution is -0.385. The highest BCUT2D eigenvalue weighted by Gasteiger charge is 2.14. The molecule has 2 aromatic rings. The fourth-order valence-corrected chi connectivity index (χ4v) is 1.68. The van der Waals surface area contributed by atoms with Crippen LogP contribution in [0.4, 0.5) is 11.4 Å². The zero-order valence-electron chi connectivity index (χ0n) is 10.5. The summed E-state index contributed by atoms with van der Waals surface area (Å²) in [6, 6.07) is 6.12. The molecule has 0 saturated carbocycles. The molecule has 0 aliphatic rings. The van der Waals surface area contributed by atoms with Crippen LogP contribution in [0.25, 0.3) is 0 Å². The van der Waals surface area contributed by atoms with Crippen LogP contribution in [0.1, 0.15) is 16.1 Å². The number of carbonyl (C=O) groups is 1. The quantitative estimate of drug-likeness (QED) is 0.674. The third-order valence-electron chi connectivity index (χ3n) is 2.72. The average Bonchev–Trinajstić information content (AvgIpc) is 2.77. The maximum Gasteiger partial charge on any atom is 0.274 e. The number of nitrogens with one attached hydrogen (secondary N) is 1. The molecule has 1 N–H and O–H groups in total. The summed E-state index contributed by atoms with van der Waals surface area (Å²) in [6.45, 7) is 1.64. The third kappa shape index (κ3) is 2.59. The molecule has 0 radical (unpaired) electrons. The number of hydrogen-bond acceptors (Lipinski definition) is 4. The van der Waals surface area contributed by atoms with Gasteiger partial charge in [0.2, 0.25) is 0 Å². The largest absolute Gasteiger partial charge is 0.320 e. The summed E-state index contributed by atoms with van der Waals surface area (Å²) in [7, 11) is 1.65. The minimum atomic E-state index is -0.477. The van der Waals surface area contributed by atoms with E-state index in [9.17, 15) is 14.9 Å². The predicted octanol–water partition coefficient (Wildman–Crippen LogP) is 1.89. The van der Waals surface area contributed by atoms with E-state index in [-0.39, 0.29) is 11.6 Å². The summed E-state index contributed by atoms with van der Waals surface area (Å²) < 4.78 is 1.43. The second kappa shape index (κ2) is 4.89. The lowest BCUT2D eigenvalue weighted by Gasteiger charge is -2.06. The summed E-state index contributed by atoms with van der Waals surface area (Å²) in [6.07, 6.45) is 1.51. The van der Waals surface area contributed by atoms with E-state index in [4.69, 9.17) is 0 Å². The molecule has 7 heteroatoms. The van der Waals surface area contributed by atoms with E-state index in [0.717, 1.165) is 0 Å². The van der Waals surface area contributed by atoms with Gasteiger partial charge >= 0.3 is 0 Å². The first-order chi connectivity index (χ1) is 8.99. The standard InChI is InChI=1S/C12H12N4O3/c1-8-3-4-9(7-11(8)16(18)19)14-12(17)10-5-6-13-15(10)2/h3-7H,1-2H3,(H,14,17). The lowest BCUT2D eigenvalue weighted by Crippen LogP contribution is -2.16. The van der Waals surface area contributed by atoms with E-state index in [1.807, 2.05) is 0 Å². The number of carbonyl (C=O) groups excluding carboxylic acids is 1. The molecule has 0 aliphatic carbocycles. The molecule has 1 aromatic heterocycles. The number of nitrogens with zero attached hydrogens (tertiary/aromatic N) is 3. The molecule has 0 atom stereocenters. The van der Waals surface area contributed by atoms with Crippen LogP contribution in [0.3, 0.4) is 0 Å². The highest BCUT2D eigenvalue weighted by molar-refractivity contribution is 6.03. The summed E-state index contributed by atoms with van der Waals surface area (Å²) in [5, 5.41) is 17.3. The number of aromatic nitrogens is 2. The van der Waals surface area contributed by atoms with E-state index >= 15 is 0 Å². The molecule has 0 fully saturated rings. The van der Waals surface area contributed by atoms with Gasteiger partial charge in [0.1, 0.15) is 5.69 Å². The number of amides is 1. The van der Waals surface area contributed by atoms with Crippen molar-refractivity contribution in [3.05, 3.63) is 51.8 Å². The Bertz CT molecular complexity index is 648. The zero-order chi connectivity index (χ0) is 14.0. The highest BCUT2D eigenvalue weighted by atomic mass is 16.6. The molecule has 0 aliphatic heterocycles. The van der Waals surface area contributed by atoms with Gasteiger partial charge in [-0.1, -0.05) is 6.07 Å². The Kier molecular flexibility index (Phi) is 3.28. The van der Waals surface area contributed by atoms with Gasteiger partial charge in [0.05, 0.1) is 4.92 Å². The molecule has 19 heavy (non-hydrogen) atoms. The first kappa shape index (κ1) is 12.7. The van der Waals surface area contributed by atoms with Crippen LogP contribution in [-0.2, 0) is 7.05 Å². The van der Waals surface area contributed by atoms with Crippen molar-refractivity contribution in [1.29, 1.82) is 0 Å². The van der Waals surface area contributed by atoms with Crippen LogP contribution in [0.2, 0.25) is 0 Å². The monoisotopic (exact) mass is 260 g/mol. The second-order valence-electron chi connectivity index (χ2n) is 4.05. The van der Waals surface area contributed by atoms with Crippen LogP contribution in [0.15, 0.2) is 30.5 Å². The Hall–Kier alpha value is -2.70. The van der Waals surface area contributed by atoms with Crippen molar-refractivity contribution in [1.82, 2.24) is 9.78 Å². The SMILES string of the molecule is Cc1ccc(NC(=O)c2ccnn2C)cc1[N+](=O)[O-]. The van der Waals surface area contributed by atoms with Gasteiger partial charge in [0.15, 0.2) is 0 Å². The molecule has 1 heterocycles. The van der Waals surface area contributed by atoms with Crippen molar-refractivity contribution < 1.29 is 9.72 Å². The first-order valence-electron chi connectivity index (χ1n) is 5.53. The fourth-order valence-electron chi connectivity index (χ4n) is 1.68. The Labute approximate surface area is 109 Å². The van der Waals surface area contributed by atoms with Gasteiger partial charge in [-0.3, -0.25) is 19.6 Å². The molecule has 1 amide bonds. The molecular weight excluding hydrogens is 248 g/mol. The topological polar surface area (TPSA) is 90.1 Å². The smallest absolute Gasteiger partial charge is 0.274 e. The van der Waals surface area contributed by atoms with Crippen LogP contribution >= 0.6 is 0 Å². The van der Waals surface area contributed by atoms with Crippen LogP contribution in [-0.4, -0.2) is 20.6 Å². The molecule has 7 nitrogen and oxygen atoms in total. The molecule has 0 spiro atoms. The van der Waals surface area contributed by atoms with Gasteiger partial charge in [0.25, 0.3) is 11.6 Å². The summed E-state index contributed by atoms with van der Waals surface area (Å²) in [4.78, 5) is 22.3. The number of benzene rings is 1. The van der Waals surface area contributed by atoms with E-state index in [1.54, 1.807) is 32.2 Å². The van der Waals surface area contributed by atoms with Crippen LogP contribution in [0.5, 0.6) is 0 Å². The van der Waals surface area contributed by atoms with Crippen molar-refractivity contribution in [2.45, 2.75) is 6.92 Å². The average molecular weight is 260 g/mol. The molecule has 2 rings (SSSR count). The molecule has 0 saturated heterocycles. The normalized spacial score (nSPS) is 10.2. The molecule has 1 aromatic carbocycles. The molecule has 0 bridgehead atoms. The maximum atomic E-state index is 11.9. The third-order valence-corrected chi connectivity index (χ3v) is 2.72. The Morgan fingerprint density at radius 2 is 2.16 bits per heavy atom. The van der Waals surface area contributed by atoms with Crippen molar-refractivity contribution in [2.75, 3.05) is 5.32 Å². The summed E-state index contributed by atoms with van der Waals surface area (Å²) >= 11 is 0. The number of nitro benzene ring substituents is 1. The Morgan fingerprint density at radius 1 is 1.42 bits per heavy atom. The van der Waals surface area contributed by atoms with Crippen molar-refractivity contribution in [3.63, 3.8) is 0 Å².